The number of rotatable bonds is 3. The number of hydrogen-bond donors (Lipinski definition) is 1. The van der Waals surface area contributed by atoms with Crippen LogP contribution in [0.2, 0.25) is 0 Å². The van der Waals surface area contributed by atoms with E-state index in [2.05, 4.69) is 42.4 Å². The van der Waals surface area contributed by atoms with Crippen LogP contribution in [0.25, 0.3) is 0 Å². The van der Waals surface area contributed by atoms with E-state index in [-0.39, 0.29) is 0 Å². The van der Waals surface area contributed by atoms with E-state index in [1.807, 2.05) is 7.05 Å². The van der Waals surface area contributed by atoms with Crippen LogP contribution in [0, 0.1) is 0 Å². The van der Waals surface area contributed by atoms with E-state index in [0.717, 1.165) is 19.5 Å². The van der Waals surface area contributed by atoms with Gasteiger partial charge >= 0.3 is 0 Å². The van der Waals surface area contributed by atoms with Crippen LogP contribution in [0.5, 0.6) is 0 Å². The second-order valence-electron chi connectivity index (χ2n) is 4.53. The van der Waals surface area contributed by atoms with Gasteiger partial charge in [0.1, 0.15) is 0 Å². The van der Waals surface area contributed by atoms with Crippen LogP contribution in [0.4, 0.5) is 5.69 Å². The maximum absolute atomic E-state index is 3.19. The highest BCUT2D eigenvalue weighted by Gasteiger charge is 2.22. The Hall–Kier alpha value is -1.02. The number of nitrogens with one attached hydrogen (secondary N) is 1. The normalized spacial score (nSPS) is 19.4. The van der Waals surface area contributed by atoms with E-state index in [4.69, 9.17) is 0 Å². The monoisotopic (exact) mass is 204 g/mol. The maximum atomic E-state index is 3.19. The second kappa shape index (κ2) is 4.23. The van der Waals surface area contributed by atoms with Crippen molar-refractivity contribution in [2.45, 2.75) is 19.3 Å². The Labute approximate surface area is 92.3 Å². The lowest BCUT2D eigenvalue weighted by atomic mass is 10.0. The molecule has 0 amide bonds. The van der Waals surface area contributed by atoms with E-state index < -0.39 is 0 Å². The van der Waals surface area contributed by atoms with Gasteiger partial charge in [-0.3, -0.25) is 0 Å². The van der Waals surface area contributed by atoms with Crippen molar-refractivity contribution in [3.05, 3.63) is 29.3 Å². The second-order valence-corrected chi connectivity index (χ2v) is 4.53. The summed E-state index contributed by atoms with van der Waals surface area (Å²) in [7, 11) is 4.19. The van der Waals surface area contributed by atoms with Crippen LogP contribution in [-0.2, 0) is 6.42 Å². The van der Waals surface area contributed by atoms with Crippen molar-refractivity contribution in [2.24, 2.45) is 0 Å². The molecule has 0 saturated carbocycles. The Kier molecular flexibility index (Phi) is 2.96. The van der Waals surface area contributed by atoms with Crippen molar-refractivity contribution >= 4 is 5.69 Å². The number of likely N-dealkylation sites (N-methyl/N-ethyl adjacent to an activating group) is 2. The van der Waals surface area contributed by atoms with Crippen molar-refractivity contribution in [1.29, 1.82) is 0 Å². The predicted octanol–water partition coefficient (Wildman–Crippen LogP) is 2.00. The quantitative estimate of drug-likeness (QED) is 0.810. The number of nitrogens with zero attached hydrogens (tertiary/aromatic N) is 1. The molecule has 2 nitrogen and oxygen atoms in total. The van der Waals surface area contributed by atoms with Gasteiger partial charge in [0.05, 0.1) is 0 Å². The molecule has 15 heavy (non-hydrogen) atoms. The van der Waals surface area contributed by atoms with Gasteiger partial charge in [-0.25, -0.2) is 0 Å². The Morgan fingerprint density at radius 3 is 3.00 bits per heavy atom. The summed E-state index contributed by atoms with van der Waals surface area (Å²) in [6, 6.07) is 6.91. The average molecular weight is 204 g/mol. The molecule has 0 bridgehead atoms. The first-order chi connectivity index (χ1) is 7.22. The molecule has 1 heterocycles. The van der Waals surface area contributed by atoms with Gasteiger partial charge in [-0.2, -0.15) is 0 Å². The third-order valence-corrected chi connectivity index (χ3v) is 3.25. The van der Waals surface area contributed by atoms with Crippen LogP contribution in [-0.4, -0.2) is 27.2 Å². The lowest BCUT2D eigenvalue weighted by Gasteiger charge is -2.13. The molecule has 1 aliphatic heterocycles. The molecule has 0 fully saturated rings. The molecule has 0 saturated heterocycles. The molecular weight excluding hydrogens is 184 g/mol. The molecule has 1 aromatic rings. The Morgan fingerprint density at radius 2 is 2.27 bits per heavy atom. The fraction of sp³-hybridized carbons (Fsp3) is 0.538. The lowest BCUT2D eigenvalue weighted by Crippen LogP contribution is -2.14. The largest absolute Gasteiger partial charge is 0.374 e. The Bertz CT molecular complexity index is 346. The first-order valence-electron chi connectivity index (χ1n) is 5.71. The third-order valence-electron chi connectivity index (χ3n) is 3.25. The molecule has 1 unspecified atom stereocenters. The van der Waals surface area contributed by atoms with Gasteiger partial charge in [-0.1, -0.05) is 19.1 Å². The molecule has 0 aliphatic carbocycles. The topological polar surface area (TPSA) is 15.3 Å². The van der Waals surface area contributed by atoms with Crippen molar-refractivity contribution in [3.63, 3.8) is 0 Å². The summed E-state index contributed by atoms with van der Waals surface area (Å²) in [5, 5.41) is 3.19. The van der Waals surface area contributed by atoms with Gasteiger partial charge in [-0.05, 0) is 37.2 Å². The van der Waals surface area contributed by atoms with Gasteiger partial charge in [0, 0.05) is 25.2 Å². The molecular formula is C13H20N2. The number of benzene rings is 1. The Morgan fingerprint density at radius 1 is 1.47 bits per heavy atom. The fourth-order valence-electron chi connectivity index (χ4n) is 2.37. The zero-order valence-electron chi connectivity index (χ0n) is 9.88. The summed E-state index contributed by atoms with van der Waals surface area (Å²) < 4.78 is 0. The van der Waals surface area contributed by atoms with E-state index in [1.54, 1.807) is 0 Å². The van der Waals surface area contributed by atoms with Crippen LogP contribution in [0.1, 0.15) is 24.0 Å². The van der Waals surface area contributed by atoms with Crippen molar-refractivity contribution in [1.82, 2.24) is 5.32 Å². The molecule has 2 rings (SSSR count). The van der Waals surface area contributed by atoms with Crippen molar-refractivity contribution in [3.8, 4) is 0 Å². The third kappa shape index (κ3) is 2.00. The van der Waals surface area contributed by atoms with Crippen LogP contribution >= 0.6 is 0 Å². The number of fused-ring (bicyclic) bond motifs is 1. The minimum absolute atomic E-state index is 0.684. The van der Waals surface area contributed by atoms with E-state index >= 15 is 0 Å². The van der Waals surface area contributed by atoms with Crippen molar-refractivity contribution in [2.75, 3.05) is 32.1 Å². The van der Waals surface area contributed by atoms with Gasteiger partial charge in [0.25, 0.3) is 0 Å². The predicted molar refractivity (Wildman–Crippen MR) is 65.8 cm³/mol. The first-order valence-corrected chi connectivity index (χ1v) is 5.71. The van der Waals surface area contributed by atoms with E-state index in [0.29, 0.717) is 5.92 Å². The summed E-state index contributed by atoms with van der Waals surface area (Å²) in [6.07, 6.45) is 1.12. The van der Waals surface area contributed by atoms with E-state index in [1.165, 1.54) is 16.8 Å². The summed E-state index contributed by atoms with van der Waals surface area (Å²) >= 11 is 0. The molecule has 1 aromatic carbocycles. The average Bonchev–Trinajstić information content (AvgIpc) is 2.52. The minimum Gasteiger partial charge on any atom is -0.374 e. The van der Waals surface area contributed by atoms with Crippen LogP contribution in [0.3, 0.4) is 0 Å². The van der Waals surface area contributed by atoms with Gasteiger partial charge in [-0.15, -0.1) is 0 Å². The number of hydrogen-bond acceptors (Lipinski definition) is 2. The highest BCUT2D eigenvalue weighted by molar-refractivity contribution is 5.60. The van der Waals surface area contributed by atoms with Gasteiger partial charge in [0.2, 0.25) is 0 Å². The molecule has 2 heteroatoms. The highest BCUT2D eigenvalue weighted by atomic mass is 15.1. The van der Waals surface area contributed by atoms with Crippen molar-refractivity contribution < 1.29 is 0 Å². The Balaban J connectivity index is 2.22. The summed E-state index contributed by atoms with van der Waals surface area (Å²) in [6.45, 7) is 4.51. The molecule has 1 N–H and O–H groups in total. The maximum Gasteiger partial charge on any atom is 0.0402 e. The zero-order chi connectivity index (χ0) is 10.8. The first kappa shape index (κ1) is 10.5. The lowest BCUT2D eigenvalue weighted by molar-refractivity contribution is 0.791. The number of anilines is 1. The summed E-state index contributed by atoms with van der Waals surface area (Å²) in [4.78, 5) is 2.36. The molecule has 1 aliphatic rings. The van der Waals surface area contributed by atoms with Crippen LogP contribution in [0.15, 0.2) is 18.2 Å². The zero-order valence-corrected chi connectivity index (χ0v) is 9.88. The minimum atomic E-state index is 0.684. The standard InChI is InChI=1S/C13H20N2/c1-10-9-15(3)13-8-11(6-7-14-2)4-5-12(10)13/h4-5,8,10,14H,6-7,9H2,1-3H3. The molecule has 82 valence electrons. The molecule has 0 radical (unpaired) electrons. The highest BCUT2D eigenvalue weighted by Crippen LogP contribution is 2.35. The molecule has 0 spiro atoms. The fourth-order valence-corrected chi connectivity index (χ4v) is 2.37. The van der Waals surface area contributed by atoms with Gasteiger partial charge < -0.3 is 10.2 Å². The molecule has 0 aromatic heterocycles. The molecule has 1 atom stereocenters. The smallest absolute Gasteiger partial charge is 0.0402 e. The summed E-state index contributed by atoms with van der Waals surface area (Å²) in [5.41, 5.74) is 4.37. The van der Waals surface area contributed by atoms with E-state index in [9.17, 15) is 0 Å². The summed E-state index contributed by atoms with van der Waals surface area (Å²) in [5.74, 6) is 0.684. The van der Waals surface area contributed by atoms with Gasteiger partial charge in [0.15, 0.2) is 0 Å². The SMILES string of the molecule is CNCCc1ccc2c(c1)N(C)CC2C. The van der Waals surface area contributed by atoms with Crippen LogP contribution < -0.4 is 10.2 Å².